The Labute approximate surface area is 119 Å². The highest BCUT2D eigenvalue weighted by atomic mass is 35.5. The molecule has 4 heteroatoms. The average molecular weight is 281 g/mol. The second-order valence-corrected chi connectivity index (χ2v) is 5.37. The molecule has 1 heterocycles. The third-order valence-corrected chi connectivity index (χ3v) is 3.91. The molecule has 104 valence electrons. The summed E-state index contributed by atoms with van der Waals surface area (Å²) in [5, 5.41) is 3.88. The van der Waals surface area contributed by atoms with Crippen molar-refractivity contribution in [3.63, 3.8) is 0 Å². The Hall–Kier alpha value is -1.06. The summed E-state index contributed by atoms with van der Waals surface area (Å²) >= 11 is 6.14. The van der Waals surface area contributed by atoms with Crippen LogP contribution in [0.3, 0.4) is 0 Å². The fourth-order valence-corrected chi connectivity index (χ4v) is 2.82. The number of piperidine rings is 1. The Kier molecular flexibility index (Phi) is 5.23. The highest BCUT2D eigenvalue weighted by Gasteiger charge is 2.26. The predicted molar refractivity (Wildman–Crippen MR) is 78.7 cm³/mol. The lowest BCUT2D eigenvalue weighted by Crippen LogP contribution is -2.46. The summed E-state index contributed by atoms with van der Waals surface area (Å²) in [6.07, 6.45) is 3.02. The van der Waals surface area contributed by atoms with Gasteiger partial charge in [-0.2, -0.15) is 0 Å². The molecule has 1 N–H and O–H groups in total. The third-order valence-electron chi connectivity index (χ3n) is 3.58. The van der Waals surface area contributed by atoms with E-state index in [1.807, 2.05) is 23.1 Å². The molecule has 19 heavy (non-hydrogen) atoms. The molecule has 1 amide bonds. The van der Waals surface area contributed by atoms with E-state index in [0.29, 0.717) is 16.6 Å². The molecule has 1 aliphatic rings. The smallest absolute Gasteiger partial charge is 0.255 e. The van der Waals surface area contributed by atoms with Gasteiger partial charge in [-0.1, -0.05) is 30.7 Å². The molecule has 0 aliphatic carbocycles. The topological polar surface area (TPSA) is 32.3 Å². The second kappa shape index (κ2) is 6.92. The first-order valence-electron chi connectivity index (χ1n) is 7.00. The van der Waals surface area contributed by atoms with E-state index >= 15 is 0 Å². The number of hydrogen-bond donors (Lipinski definition) is 1. The summed E-state index contributed by atoms with van der Waals surface area (Å²) in [7, 11) is 0. The molecule has 0 bridgehead atoms. The van der Waals surface area contributed by atoms with E-state index in [4.69, 9.17) is 11.6 Å². The first-order valence-corrected chi connectivity index (χ1v) is 7.38. The second-order valence-electron chi connectivity index (χ2n) is 4.96. The van der Waals surface area contributed by atoms with Crippen molar-refractivity contribution in [2.75, 3.05) is 19.6 Å². The number of amides is 1. The molecule has 0 radical (unpaired) electrons. The van der Waals surface area contributed by atoms with E-state index in [0.717, 1.165) is 38.9 Å². The van der Waals surface area contributed by atoms with Gasteiger partial charge in [0.05, 0.1) is 10.6 Å². The van der Waals surface area contributed by atoms with E-state index in [1.165, 1.54) is 0 Å². The van der Waals surface area contributed by atoms with Crippen LogP contribution in [0.15, 0.2) is 24.3 Å². The largest absolute Gasteiger partial charge is 0.336 e. The zero-order valence-corrected chi connectivity index (χ0v) is 12.1. The first-order chi connectivity index (χ1) is 9.24. The van der Waals surface area contributed by atoms with Gasteiger partial charge in [-0.25, -0.2) is 0 Å². The van der Waals surface area contributed by atoms with Gasteiger partial charge in [0.1, 0.15) is 0 Å². The number of hydrogen-bond acceptors (Lipinski definition) is 2. The highest BCUT2D eigenvalue weighted by molar-refractivity contribution is 6.33. The minimum Gasteiger partial charge on any atom is -0.336 e. The first kappa shape index (κ1) is 14.4. The Morgan fingerprint density at radius 2 is 2.05 bits per heavy atom. The summed E-state index contributed by atoms with van der Waals surface area (Å²) < 4.78 is 0. The Morgan fingerprint density at radius 3 is 2.68 bits per heavy atom. The molecule has 0 aromatic heterocycles. The summed E-state index contributed by atoms with van der Waals surface area (Å²) in [6, 6.07) is 7.65. The van der Waals surface area contributed by atoms with Gasteiger partial charge < -0.3 is 10.2 Å². The molecular formula is C15H21ClN2O. The average Bonchev–Trinajstić information content (AvgIpc) is 2.45. The van der Waals surface area contributed by atoms with Gasteiger partial charge in [-0.15, -0.1) is 0 Å². The van der Waals surface area contributed by atoms with Crippen LogP contribution >= 0.6 is 11.6 Å². The van der Waals surface area contributed by atoms with Crippen LogP contribution in [0.5, 0.6) is 0 Å². The number of rotatable bonds is 4. The van der Waals surface area contributed by atoms with Crippen molar-refractivity contribution in [1.82, 2.24) is 10.2 Å². The molecule has 2 rings (SSSR count). The van der Waals surface area contributed by atoms with Crippen LogP contribution in [0.2, 0.25) is 5.02 Å². The van der Waals surface area contributed by atoms with Crippen LogP contribution in [-0.4, -0.2) is 36.5 Å². The monoisotopic (exact) mass is 280 g/mol. The summed E-state index contributed by atoms with van der Waals surface area (Å²) in [5.74, 6) is 0.0688. The SMILES string of the molecule is CCCN(C(=O)c1ccccc1Cl)C1CCNCC1. The molecule has 0 unspecified atom stereocenters. The lowest BCUT2D eigenvalue weighted by atomic mass is 10.0. The van der Waals surface area contributed by atoms with Crippen molar-refractivity contribution < 1.29 is 4.79 Å². The molecule has 1 aromatic rings. The maximum Gasteiger partial charge on any atom is 0.255 e. The van der Waals surface area contributed by atoms with Crippen LogP contribution in [0.25, 0.3) is 0 Å². The molecule has 3 nitrogen and oxygen atoms in total. The number of carbonyl (C=O) groups excluding carboxylic acids is 1. The van der Waals surface area contributed by atoms with Gasteiger partial charge >= 0.3 is 0 Å². The number of benzene rings is 1. The molecule has 1 saturated heterocycles. The zero-order valence-electron chi connectivity index (χ0n) is 11.4. The lowest BCUT2D eigenvalue weighted by Gasteiger charge is -2.34. The normalized spacial score (nSPS) is 16.3. The van der Waals surface area contributed by atoms with Crippen molar-refractivity contribution in [2.24, 2.45) is 0 Å². The number of nitrogens with one attached hydrogen (secondary N) is 1. The van der Waals surface area contributed by atoms with Crippen molar-refractivity contribution in [3.05, 3.63) is 34.9 Å². The van der Waals surface area contributed by atoms with Crippen LogP contribution < -0.4 is 5.32 Å². The summed E-state index contributed by atoms with van der Waals surface area (Å²) in [6.45, 7) is 4.88. The Bertz CT molecular complexity index is 430. The Morgan fingerprint density at radius 1 is 1.37 bits per heavy atom. The van der Waals surface area contributed by atoms with E-state index in [2.05, 4.69) is 12.2 Å². The van der Waals surface area contributed by atoms with Crippen LogP contribution in [0.4, 0.5) is 0 Å². The third kappa shape index (κ3) is 3.48. The lowest BCUT2D eigenvalue weighted by molar-refractivity contribution is 0.0643. The van der Waals surface area contributed by atoms with E-state index < -0.39 is 0 Å². The molecule has 0 atom stereocenters. The number of carbonyl (C=O) groups is 1. The molecule has 0 spiro atoms. The van der Waals surface area contributed by atoms with Gasteiger partial charge in [0, 0.05) is 12.6 Å². The van der Waals surface area contributed by atoms with Gasteiger partial charge in [0.25, 0.3) is 5.91 Å². The van der Waals surface area contributed by atoms with E-state index in [-0.39, 0.29) is 5.91 Å². The fraction of sp³-hybridized carbons (Fsp3) is 0.533. The van der Waals surface area contributed by atoms with Gasteiger partial charge in [-0.05, 0) is 44.5 Å². The van der Waals surface area contributed by atoms with Crippen LogP contribution in [-0.2, 0) is 0 Å². The summed E-state index contributed by atoms with van der Waals surface area (Å²) in [5.41, 5.74) is 0.621. The van der Waals surface area contributed by atoms with Crippen molar-refractivity contribution in [1.29, 1.82) is 0 Å². The van der Waals surface area contributed by atoms with Crippen LogP contribution in [0.1, 0.15) is 36.5 Å². The highest BCUT2D eigenvalue weighted by Crippen LogP contribution is 2.21. The van der Waals surface area contributed by atoms with Crippen molar-refractivity contribution in [2.45, 2.75) is 32.2 Å². The molecular weight excluding hydrogens is 260 g/mol. The predicted octanol–water partition coefficient (Wildman–Crippen LogP) is 2.94. The van der Waals surface area contributed by atoms with E-state index in [1.54, 1.807) is 6.07 Å². The standard InChI is InChI=1S/C15H21ClN2O/c1-2-11-18(12-7-9-17-10-8-12)15(19)13-5-3-4-6-14(13)16/h3-6,12,17H,2,7-11H2,1H3. The molecule has 1 aliphatic heterocycles. The van der Waals surface area contributed by atoms with Gasteiger partial charge in [0.2, 0.25) is 0 Å². The van der Waals surface area contributed by atoms with Crippen molar-refractivity contribution >= 4 is 17.5 Å². The maximum atomic E-state index is 12.7. The molecule has 0 saturated carbocycles. The zero-order chi connectivity index (χ0) is 13.7. The van der Waals surface area contributed by atoms with Gasteiger partial charge in [0.15, 0.2) is 0 Å². The number of halogens is 1. The Balaban J connectivity index is 2.18. The summed E-state index contributed by atoms with van der Waals surface area (Å²) in [4.78, 5) is 14.7. The van der Waals surface area contributed by atoms with Crippen molar-refractivity contribution in [3.8, 4) is 0 Å². The maximum absolute atomic E-state index is 12.7. The molecule has 1 fully saturated rings. The fourth-order valence-electron chi connectivity index (χ4n) is 2.60. The minimum atomic E-state index is 0.0688. The van der Waals surface area contributed by atoms with Gasteiger partial charge in [-0.3, -0.25) is 4.79 Å². The quantitative estimate of drug-likeness (QED) is 0.920. The van der Waals surface area contributed by atoms with Crippen LogP contribution in [0, 0.1) is 0 Å². The number of nitrogens with zero attached hydrogens (tertiary/aromatic N) is 1. The molecule has 1 aromatic carbocycles. The van der Waals surface area contributed by atoms with E-state index in [9.17, 15) is 4.79 Å². The minimum absolute atomic E-state index is 0.0688.